The van der Waals surface area contributed by atoms with Crippen LogP contribution in [0.15, 0.2) is 40.0 Å². The zero-order valence-corrected chi connectivity index (χ0v) is 16.1. The average molecular weight is 420 g/mol. The predicted molar refractivity (Wildman–Crippen MR) is 105 cm³/mol. The number of carbonyl (C=O) groups is 1. The van der Waals surface area contributed by atoms with Gasteiger partial charge < -0.3 is 16.1 Å². The SMILES string of the molecule is CN(N)/C(=N\N)N1CCC(NC(=O)c2cnc3cc(Br)ccc3c2)CC1. The largest absolute Gasteiger partial charge is 0.349 e. The number of guanidine groups is 1. The molecule has 0 bridgehead atoms. The fourth-order valence-corrected chi connectivity index (χ4v) is 3.46. The Labute approximate surface area is 160 Å². The maximum Gasteiger partial charge on any atom is 0.253 e. The molecule has 1 aromatic heterocycles. The van der Waals surface area contributed by atoms with Crippen LogP contribution in [0.25, 0.3) is 10.9 Å². The van der Waals surface area contributed by atoms with E-state index < -0.39 is 0 Å². The number of hydrazone groups is 1. The summed E-state index contributed by atoms with van der Waals surface area (Å²) < 4.78 is 0.963. The molecule has 0 spiro atoms. The summed E-state index contributed by atoms with van der Waals surface area (Å²) in [6.07, 6.45) is 3.21. The highest BCUT2D eigenvalue weighted by atomic mass is 79.9. The first-order valence-electron chi connectivity index (χ1n) is 8.35. The number of nitrogens with zero attached hydrogens (tertiary/aromatic N) is 4. The number of rotatable bonds is 2. The second-order valence-electron chi connectivity index (χ2n) is 6.34. The number of halogens is 1. The summed E-state index contributed by atoms with van der Waals surface area (Å²) in [5, 5.41) is 9.15. The molecule has 2 aromatic rings. The summed E-state index contributed by atoms with van der Waals surface area (Å²) in [6.45, 7) is 1.46. The lowest BCUT2D eigenvalue weighted by Gasteiger charge is -2.35. The fraction of sp³-hybridized carbons (Fsp3) is 0.353. The Bertz CT molecular complexity index is 831. The number of hydrazine groups is 1. The number of carbonyl (C=O) groups excluding carboxylic acids is 1. The first-order valence-corrected chi connectivity index (χ1v) is 9.14. The Kier molecular flexibility index (Phi) is 5.58. The van der Waals surface area contributed by atoms with E-state index >= 15 is 0 Å². The van der Waals surface area contributed by atoms with Gasteiger partial charge in [0.15, 0.2) is 0 Å². The van der Waals surface area contributed by atoms with Gasteiger partial charge in [0.2, 0.25) is 5.96 Å². The summed E-state index contributed by atoms with van der Waals surface area (Å²) in [7, 11) is 1.70. The molecule has 1 amide bonds. The molecule has 1 saturated heterocycles. The number of piperidine rings is 1. The highest BCUT2D eigenvalue weighted by Gasteiger charge is 2.24. The van der Waals surface area contributed by atoms with Crippen LogP contribution in [0.3, 0.4) is 0 Å². The molecule has 9 heteroatoms. The minimum absolute atomic E-state index is 0.0986. The molecule has 0 aliphatic carbocycles. The molecule has 1 aliphatic heterocycles. The first kappa shape index (κ1) is 18.4. The standard InChI is InChI=1S/C17H22BrN7O/c1-24(20)17(23-19)25-6-4-14(5-7-25)22-16(26)12-8-11-2-3-13(18)9-15(11)21-10-12/h2-3,8-10,14H,4-7,19-20H2,1H3,(H,22,26)/b23-17+. The van der Waals surface area contributed by atoms with Gasteiger partial charge in [0.25, 0.3) is 5.91 Å². The highest BCUT2D eigenvalue weighted by Crippen LogP contribution is 2.19. The molecule has 5 N–H and O–H groups in total. The lowest BCUT2D eigenvalue weighted by atomic mass is 10.0. The highest BCUT2D eigenvalue weighted by molar-refractivity contribution is 9.10. The van der Waals surface area contributed by atoms with Crippen molar-refractivity contribution in [1.82, 2.24) is 20.2 Å². The van der Waals surface area contributed by atoms with Gasteiger partial charge in [-0.25, -0.2) is 5.84 Å². The number of pyridine rings is 1. The van der Waals surface area contributed by atoms with E-state index in [0.29, 0.717) is 11.5 Å². The monoisotopic (exact) mass is 419 g/mol. The predicted octanol–water partition coefficient (Wildman–Crippen LogP) is 1.23. The van der Waals surface area contributed by atoms with Gasteiger partial charge in [-0.05, 0) is 31.0 Å². The summed E-state index contributed by atoms with van der Waals surface area (Å²) >= 11 is 3.42. The molecule has 2 heterocycles. The molecule has 0 radical (unpaired) electrons. The zero-order chi connectivity index (χ0) is 18.7. The van der Waals surface area contributed by atoms with Crippen molar-refractivity contribution >= 4 is 38.7 Å². The van der Waals surface area contributed by atoms with Gasteiger partial charge in [-0.1, -0.05) is 22.0 Å². The summed E-state index contributed by atoms with van der Waals surface area (Å²) in [6, 6.07) is 7.77. The second-order valence-corrected chi connectivity index (χ2v) is 7.25. The van der Waals surface area contributed by atoms with Crippen LogP contribution in [0.5, 0.6) is 0 Å². The average Bonchev–Trinajstić information content (AvgIpc) is 2.63. The molecule has 26 heavy (non-hydrogen) atoms. The maximum absolute atomic E-state index is 12.6. The molecule has 0 unspecified atom stereocenters. The van der Waals surface area contributed by atoms with E-state index in [-0.39, 0.29) is 11.9 Å². The van der Waals surface area contributed by atoms with Crippen molar-refractivity contribution in [3.8, 4) is 0 Å². The van der Waals surface area contributed by atoms with Crippen LogP contribution in [-0.4, -0.2) is 52.9 Å². The minimum atomic E-state index is -0.107. The molecule has 138 valence electrons. The number of aromatic nitrogens is 1. The Morgan fingerprint density at radius 1 is 1.38 bits per heavy atom. The van der Waals surface area contributed by atoms with Crippen LogP contribution < -0.4 is 17.0 Å². The van der Waals surface area contributed by atoms with E-state index in [0.717, 1.165) is 41.3 Å². The van der Waals surface area contributed by atoms with Crippen molar-refractivity contribution < 1.29 is 4.79 Å². The number of likely N-dealkylation sites (tertiary alicyclic amines) is 1. The number of amides is 1. The second kappa shape index (κ2) is 7.88. The number of hydrogen-bond acceptors (Lipinski definition) is 5. The van der Waals surface area contributed by atoms with E-state index in [4.69, 9.17) is 11.7 Å². The third-order valence-corrected chi connectivity index (χ3v) is 4.95. The van der Waals surface area contributed by atoms with Crippen molar-refractivity contribution in [2.75, 3.05) is 20.1 Å². The van der Waals surface area contributed by atoms with E-state index in [9.17, 15) is 4.79 Å². The van der Waals surface area contributed by atoms with Crippen LogP contribution in [0.1, 0.15) is 23.2 Å². The number of hydrogen-bond donors (Lipinski definition) is 3. The Hall–Kier alpha value is -2.39. The Morgan fingerprint density at radius 3 is 2.77 bits per heavy atom. The van der Waals surface area contributed by atoms with E-state index in [1.165, 1.54) is 5.01 Å². The maximum atomic E-state index is 12.6. The molecule has 1 aliphatic rings. The van der Waals surface area contributed by atoms with Gasteiger partial charge >= 0.3 is 0 Å². The summed E-state index contributed by atoms with van der Waals surface area (Å²) in [5.41, 5.74) is 1.41. The van der Waals surface area contributed by atoms with Gasteiger partial charge in [0.05, 0.1) is 11.1 Å². The van der Waals surface area contributed by atoms with Crippen LogP contribution in [0, 0.1) is 0 Å². The third-order valence-electron chi connectivity index (χ3n) is 4.45. The first-order chi connectivity index (χ1) is 12.5. The van der Waals surface area contributed by atoms with Crippen LogP contribution in [-0.2, 0) is 0 Å². The quantitative estimate of drug-likeness (QED) is 0.292. The molecule has 3 rings (SSSR count). The van der Waals surface area contributed by atoms with Crippen LogP contribution in [0.2, 0.25) is 0 Å². The zero-order valence-electron chi connectivity index (χ0n) is 14.5. The van der Waals surface area contributed by atoms with Gasteiger partial charge in [-0.3, -0.25) is 14.8 Å². The normalized spacial score (nSPS) is 16.0. The Balaban J connectivity index is 1.62. The van der Waals surface area contributed by atoms with Crippen molar-refractivity contribution in [3.05, 3.63) is 40.5 Å². The molecule has 0 atom stereocenters. The van der Waals surface area contributed by atoms with Crippen LogP contribution >= 0.6 is 15.9 Å². The minimum Gasteiger partial charge on any atom is -0.349 e. The summed E-state index contributed by atoms with van der Waals surface area (Å²) in [5.74, 6) is 11.6. The lowest BCUT2D eigenvalue weighted by molar-refractivity contribution is 0.0921. The molecule has 0 saturated carbocycles. The molecule has 1 aromatic carbocycles. The number of fused-ring (bicyclic) bond motifs is 1. The lowest BCUT2D eigenvalue weighted by Crippen LogP contribution is -2.52. The van der Waals surface area contributed by atoms with Crippen molar-refractivity contribution in [2.24, 2.45) is 16.8 Å². The van der Waals surface area contributed by atoms with Crippen molar-refractivity contribution in [3.63, 3.8) is 0 Å². The number of nitrogens with two attached hydrogens (primary N) is 2. The molecular formula is C17H22BrN7O. The van der Waals surface area contributed by atoms with E-state index in [1.54, 1.807) is 13.2 Å². The van der Waals surface area contributed by atoms with Gasteiger partial charge in [0, 0.05) is 42.2 Å². The molecule has 1 fully saturated rings. The van der Waals surface area contributed by atoms with Crippen molar-refractivity contribution in [1.29, 1.82) is 0 Å². The van der Waals surface area contributed by atoms with Crippen molar-refractivity contribution in [2.45, 2.75) is 18.9 Å². The molecule has 8 nitrogen and oxygen atoms in total. The Morgan fingerprint density at radius 2 is 2.12 bits per heavy atom. The topological polar surface area (TPSA) is 113 Å². The third kappa shape index (κ3) is 4.05. The van der Waals surface area contributed by atoms with Gasteiger partial charge in [-0.2, -0.15) is 0 Å². The molecular weight excluding hydrogens is 398 g/mol. The van der Waals surface area contributed by atoms with Crippen LogP contribution in [0.4, 0.5) is 0 Å². The summed E-state index contributed by atoms with van der Waals surface area (Å²) in [4.78, 5) is 18.9. The van der Waals surface area contributed by atoms with Gasteiger partial charge in [0.1, 0.15) is 0 Å². The smallest absolute Gasteiger partial charge is 0.253 e. The van der Waals surface area contributed by atoms with E-state index in [1.807, 2.05) is 29.2 Å². The number of benzene rings is 1. The fourth-order valence-electron chi connectivity index (χ4n) is 3.11. The van der Waals surface area contributed by atoms with E-state index in [2.05, 4.69) is 31.3 Å². The number of nitrogens with one attached hydrogen (secondary N) is 1. The van der Waals surface area contributed by atoms with Gasteiger partial charge in [-0.15, -0.1) is 5.10 Å².